The molecule has 0 bridgehead atoms. The number of pyridine rings is 1. The van der Waals surface area contributed by atoms with Gasteiger partial charge in [-0.15, -0.1) is 0 Å². The standard InChI is InChI=1S/C27H35NO4/c1-4-6-8-12-18-31-25-23-16-15-22(30-17-7-5-2)19-24(23)28(3)27(29)26(25)32-20-21-13-10-9-11-14-21/h9-11,13-16,19H,4-8,12,17-18,20H2,1-3H3. The van der Waals surface area contributed by atoms with Crippen molar-refractivity contribution in [2.45, 2.75) is 59.0 Å². The molecule has 0 atom stereocenters. The van der Waals surface area contributed by atoms with Crippen LogP contribution in [0.5, 0.6) is 17.2 Å². The molecule has 0 unspecified atom stereocenters. The molecule has 3 aromatic rings. The van der Waals surface area contributed by atoms with E-state index in [9.17, 15) is 4.79 Å². The fourth-order valence-corrected chi connectivity index (χ4v) is 3.59. The van der Waals surface area contributed by atoms with E-state index in [1.54, 1.807) is 11.6 Å². The van der Waals surface area contributed by atoms with Crippen LogP contribution in [-0.2, 0) is 13.7 Å². The van der Waals surface area contributed by atoms with Gasteiger partial charge in [0.15, 0.2) is 5.75 Å². The predicted octanol–water partition coefficient (Wildman–Crippen LogP) is 6.26. The molecule has 2 aromatic carbocycles. The molecule has 0 N–H and O–H groups in total. The summed E-state index contributed by atoms with van der Waals surface area (Å²) in [6, 6.07) is 15.7. The van der Waals surface area contributed by atoms with Crippen molar-refractivity contribution < 1.29 is 14.2 Å². The maximum Gasteiger partial charge on any atom is 0.297 e. The van der Waals surface area contributed by atoms with Crippen molar-refractivity contribution in [3.63, 3.8) is 0 Å². The highest BCUT2D eigenvalue weighted by Crippen LogP contribution is 2.35. The number of fused-ring (bicyclic) bond motifs is 1. The number of unbranched alkanes of at least 4 members (excludes halogenated alkanes) is 4. The maximum atomic E-state index is 13.2. The minimum Gasteiger partial charge on any atom is -0.494 e. The molecule has 32 heavy (non-hydrogen) atoms. The molecule has 0 aliphatic heterocycles. The van der Waals surface area contributed by atoms with Crippen LogP contribution >= 0.6 is 0 Å². The zero-order valence-corrected chi connectivity index (χ0v) is 19.6. The fraction of sp³-hybridized carbons (Fsp3) is 0.444. The van der Waals surface area contributed by atoms with Gasteiger partial charge in [-0.25, -0.2) is 0 Å². The summed E-state index contributed by atoms with van der Waals surface area (Å²) in [4.78, 5) is 13.2. The number of hydrogen-bond acceptors (Lipinski definition) is 4. The smallest absolute Gasteiger partial charge is 0.297 e. The fourth-order valence-electron chi connectivity index (χ4n) is 3.59. The van der Waals surface area contributed by atoms with E-state index in [0.29, 0.717) is 25.6 Å². The van der Waals surface area contributed by atoms with Crippen LogP contribution < -0.4 is 19.8 Å². The van der Waals surface area contributed by atoms with Crippen LogP contribution in [0.25, 0.3) is 10.9 Å². The normalized spacial score (nSPS) is 11.0. The summed E-state index contributed by atoms with van der Waals surface area (Å²) in [6.07, 6.45) is 6.47. The van der Waals surface area contributed by atoms with Gasteiger partial charge in [0, 0.05) is 18.5 Å². The van der Waals surface area contributed by atoms with Gasteiger partial charge in [-0.2, -0.15) is 0 Å². The minimum atomic E-state index is -0.206. The van der Waals surface area contributed by atoms with Gasteiger partial charge in [0.25, 0.3) is 5.56 Å². The lowest BCUT2D eigenvalue weighted by atomic mass is 10.1. The Balaban J connectivity index is 1.94. The first-order valence-electron chi connectivity index (χ1n) is 11.7. The Morgan fingerprint density at radius 2 is 1.53 bits per heavy atom. The molecule has 1 heterocycles. The molecule has 5 heteroatoms. The Labute approximate surface area is 190 Å². The molecule has 0 aliphatic rings. The van der Waals surface area contributed by atoms with Crippen LogP contribution in [0, 0.1) is 0 Å². The van der Waals surface area contributed by atoms with Crippen LogP contribution in [0.1, 0.15) is 57.9 Å². The summed E-state index contributed by atoms with van der Waals surface area (Å²) in [7, 11) is 1.76. The molecule has 0 aliphatic carbocycles. The van der Waals surface area contributed by atoms with Crippen LogP contribution in [0.3, 0.4) is 0 Å². The first-order valence-corrected chi connectivity index (χ1v) is 11.7. The Morgan fingerprint density at radius 1 is 0.781 bits per heavy atom. The molecule has 1 aromatic heterocycles. The highest BCUT2D eigenvalue weighted by Gasteiger charge is 2.19. The lowest BCUT2D eigenvalue weighted by molar-refractivity contribution is 0.255. The lowest BCUT2D eigenvalue weighted by Gasteiger charge is -2.18. The maximum absolute atomic E-state index is 13.2. The van der Waals surface area contributed by atoms with E-state index < -0.39 is 0 Å². The number of rotatable bonds is 13. The Morgan fingerprint density at radius 3 is 2.28 bits per heavy atom. The van der Waals surface area contributed by atoms with Gasteiger partial charge in [0.2, 0.25) is 5.75 Å². The molecular weight excluding hydrogens is 402 g/mol. The largest absolute Gasteiger partial charge is 0.494 e. The second-order valence-corrected chi connectivity index (χ2v) is 8.09. The van der Waals surface area contributed by atoms with Crippen molar-refractivity contribution in [3.05, 3.63) is 64.4 Å². The van der Waals surface area contributed by atoms with E-state index in [2.05, 4.69) is 13.8 Å². The molecule has 0 radical (unpaired) electrons. The van der Waals surface area contributed by atoms with Crippen molar-refractivity contribution in [1.82, 2.24) is 4.57 Å². The van der Waals surface area contributed by atoms with Gasteiger partial charge >= 0.3 is 0 Å². The zero-order valence-electron chi connectivity index (χ0n) is 19.6. The SMILES string of the molecule is CCCCCCOc1c(OCc2ccccc2)c(=O)n(C)c2cc(OCCCC)ccc12. The van der Waals surface area contributed by atoms with Gasteiger partial charge in [0.05, 0.1) is 18.7 Å². The van der Waals surface area contributed by atoms with E-state index in [1.165, 1.54) is 12.8 Å². The first-order chi connectivity index (χ1) is 15.7. The van der Waals surface area contributed by atoms with Crippen LogP contribution in [0.2, 0.25) is 0 Å². The number of hydrogen-bond donors (Lipinski definition) is 0. The molecule has 172 valence electrons. The highest BCUT2D eigenvalue weighted by atomic mass is 16.5. The Bertz CT molecular complexity index is 1040. The molecule has 5 nitrogen and oxygen atoms in total. The number of ether oxygens (including phenoxy) is 3. The first kappa shape index (κ1) is 23.7. The van der Waals surface area contributed by atoms with Crippen molar-refractivity contribution >= 4 is 10.9 Å². The molecule has 0 spiro atoms. The summed E-state index contributed by atoms with van der Waals surface area (Å²) in [6.45, 7) is 5.85. The average molecular weight is 438 g/mol. The topological polar surface area (TPSA) is 49.7 Å². The van der Waals surface area contributed by atoms with Crippen LogP contribution in [-0.4, -0.2) is 17.8 Å². The quantitative estimate of drug-likeness (QED) is 0.296. The van der Waals surface area contributed by atoms with Gasteiger partial charge in [-0.05, 0) is 30.5 Å². The van der Waals surface area contributed by atoms with E-state index in [-0.39, 0.29) is 11.3 Å². The second-order valence-electron chi connectivity index (χ2n) is 8.09. The summed E-state index contributed by atoms with van der Waals surface area (Å²) >= 11 is 0. The molecule has 3 rings (SSSR count). The number of nitrogens with zero attached hydrogens (tertiary/aromatic N) is 1. The number of aromatic nitrogens is 1. The van der Waals surface area contributed by atoms with Crippen molar-refractivity contribution in [2.24, 2.45) is 7.05 Å². The molecule has 0 fully saturated rings. The number of aryl methyl sites for hydroxylation is 1. The predicted molar refractivity (Wildman–Crippen MR) is 130 cm³/mol. The van der Waals surface area contributed by atoms with Gasteiger partial charge in [-0.1, -0.05) is 69.9 Å². The molecule has 0 saturated carbocycles. The highest BCUT2D eigenvalue weighted by molar-refractivity contribution is 5.89. The average Bonchev–Trinajstić information content (AvgIpc) is 2.82. The molecule has 0 amide bonds. The van der Waals surface area contributed by atoms with Crippen LogP contribution in [0.4, 0.5) is 0 Å². The zero-order chi connectivity index (χ0) is 22.8. The third kappa shape index (κ3) is 6.06. The van der Waals surface area contributed by atoms with Crippen LogP contribution in [0.15, 0.2) is 53.3 Å². The summed E-state index contributed by atoms with van der Waals surface area (Å²) in [5, 5.41) is 0.855. The van der Waals surface area contributed by atoms with E-state index in [1.807, 2.05) is 48.5 Å². The third-order valence-corrected chi connectivity index (χ3v) is 5.52. The van der Waals surface area contributed by atoms with Crippen molar-refractivity contribution in [3.8, 4) is 17.2 Å². The summed E-state index contributed by atoms with van der Waals surface area (Å²) < 4.78 is 19.7. The van der Waals surface area contributed by atoms with Crippen molar-refractivity contribution in [2.75, 3.05) is 13.2 Å². The Kier molecular flexibility index (Phi) is 9.02. The molecule has 0 saturated heterocycles. The van der Waals surface area contributed by atoms with E-state index in [4.69, 9.17) is 14.2 Å². The monoisotopic (exact) mass is 437 g/mol. The van der Waals surface area contributed by atoms with Crippen molar-refractivity contribution in [1.29, 1.82) is 0 Å². The number of benzene rings is 2. The second kappa shape index (κ2) is 12.2. The Hall–Kier alpha value is -2.95. The summed E-state index contributed by atoms with van der Waals surface area (Å²) in [5.41, 5.74) is 1.57. The van der Waals surface area contributed by atoms with E-state index >= 15 is 0 Å². The van der Waals surface area contributed by atoms with Gasteiger partial charge in [0.1, 0.15) is 12.4 Å². The third-order valence-electron chi connectivity index (χ3n) is 5.52. The van der Waals surface area contributed by atoms with E-state index in [0.717, 1.165) is 47.9 Å². The lowest BCUT2D eigenvalue weighted by Crippen LogP contribution is -2.21. The minimum absolute atomic E-state index is 0.206. The molecular formula is C27H35NO4. The van der Waals surface area contributed by atoms with Gasteiger partial charge in [-0.3, -0.25) is 4.79 Å². The van der Waals surface area contributed by atoms with Gasteiger partial charge < -0.3 is 18.8 Å². The summed E-state index contributed by atoms with van der Waals surface area (Å²) in [5.74, 6) is 1.54.